The molecule has 0 aromatic carbocycles. The summed E-state index contributed by atoms with van der Waals surface area (Å²) in [6, 6.07) is -2.61. The van der Waals surface area contributed by atoms with Crippen molar-refractivity contribution in [3.8, 4) is 0 Å². The first-order chi connectivity index (χ1) is 10.8. The molecule has 0 unspecified atom stereocenters. The van der Waals surface area contributed by atoms with E-state index in [1.165, 1.54) is 0 Å². The molecule has 2 heterocycles. The van der Waals surface area contributed by atoms with Gasteiger partial charge in [0.1, 0.15) is 6.04 Å². The zero-order chi connectivity index (χ0) is 18.4. The van der Waals surface area contributed by atoms with Gasteiger partial charge in [-0.25, -0.2) is 4.79 Å². The molecule has 4 amide bonds. The van der Waals surface area contributed by atoms with Crippen molar-refractivity contribution in [2.45, 2.75) is 45.7 Å². The van der Waals surface area contributed by atoms with Gasteiger partial charge in [0.25, 0.3) is 0 Å². The smallest absolute Gasteiger partial charge is 0.574 e. The van der Waals surface area contributed by atoms with E-state index in [0.29, 0.717) is 5.06 Å². The number of hydrogen-bond acceptors (Lipinski definition) is 6. The van der Waals surface area contributed by atoms with Crippen molar-refractivity contribution in [3.63, 3.8) is 0 Å². The van der Waals surface area contributed by atoms with Crippen LogP contribution < -0.4 is 29.6 Å². The topological polar surface area (TPSA) is 148 Å². The Labute approximate surface area is 167 Å². The third-order valence-electron chi connectivity index (χ3n) is 3.85. The van der Waals surface area contributed by atoms with Crippen LogP contribution in [0.25, 0.3) is 5.84 Å². The van der Waals surface area contributed by atoms with Gasteiger partial charge in [0.05, 0.1) is 6.04 Å². The molecule has 2 fully saturated rings. The van der Waals surface area contributed by atoms with Crippen LogP contribution in [-0.2, 0) is 24.3 Å². The van der Waals surface area contributed by atoms with Gasteiger partial charge < -0.3 is 15.8 Å². The molecule has 2 N–H and O–H groups in total. The van der Waals surface area contributed by atoms with E-state index in [4.69, 9.17) is 10.4 Å². The zero-order valence-electron chi connectivity index (χ0n) is 14.4. The molecule has 136 valence electrons. The van der Waals surface area contributed by atoms with Crippen molar-refractivity contribution in [1.82, 2.24) is 15.0 Å². The Morgan fingerprint density at radius 1 is 1.32 bits per heavy atom. The number of nitrogens with one attached hydrogen (secondary N) is 1. The van der Waals surface area contributed by atoms with Crippen molar-refractivity contribution in [3.05, 3.63) is 5.84 Å². The molecule has 0 saturated carbocycles. The third-order valence-corrected chi connectivity index (χ3v) is 4.20. The standard InChI is InChI=1S/C12H19N4O7S.Na/c1-12(2,3)10(18)15(13)9(17)8-5-4-7-6-14(8)11(19)16(7)23-24(20,21)22;/h7-8,13H,4-6H2,1-3H3,(H,20,21,22);/q-1;+1/t7-,8+;/m1./s1. The summed E-state index contributed by atoms with van der Waals surface area (Å²) >= 11 is 0. The molecule has 0 aromatic rings. The van der Waals surface area contributed by atoms with E-state index >= 15 is 0 Å². The Bertz CT molecular complexity index is 677. The first-order valence-corrected chi connectivity index (χ1v) is 8.56. The first-order valence-electron chi connectivity index (χ1n) is 7.19. The van der Waals surface area contributed by atoms with Crippen LogP contribution in [0.1, 0.15) is 33.6 Å². The van der Waals surface area contributed by atoms with Crippen LogP contribution in [0, 0.1) is 5.41 Å². The second-order valence-corrected chi connectivity index (χ2v) is 7.74. The Hall–Kier alpha value is -0.760. The van der Waals surface area contributed by atoms with Gasteiger partial charge in [-0.05, 0) is 12.8 Å². The van der Waals surface area contributed by atoms with Crippen molar-refractivity contribution >= 4 is 28.2 Å². The predicted molar refractivity (Wildman–Crippen MR) is 79.0 cm³/mol. The SMILES string of the molecule is CC(C)(C)C(=O)N([NH-])C(=O)[C@@H]1CC[C@@H]2CN1C(=O)N2OS(=O)(=O)O.[Na+]. The maximum Gasteiger partial charge on any atom is 1.00 e. The fraction of sp³-hybridized carbons (Fsp3) is 0.750. The minimum Gasteiger partial charge on any atom is -0.574 e. The van der Waals surface area contributed by atoms with Gasteiger partial charge in [0.2, 0.25) is 11.8 Å². The van der Waals surface area contributed by atoms with Crippen LogP contribution in [-0.4, -0.2) is 64.4 Å². The molecule has 2 bridgehead atoms. The number of hydroxylamine groups is 2. The molecule has 0 aromatic heterocycles. The predicted octanol–water partition coefficient (Wildman–Crippen LogP) is -2.64. The summed E-state index contributed by atoms with van der Waals surface area (Å²) in [5.41, 5.74) is -0.941. The van der Waals surface area contributed by atoms with Gasteiger partial charge in [-0.3, -0.25) is 14.1 Å². The van der Waals surface area contributed by atoms with E-state index < -0.39 is 45.7 Å². The minimum atomic E-state index is -4.87. The third kappa shape index (κ3) is 4.70. The molecular weight excluding hydrogens is 367 g/mol. The van der Waals surface area contributed by atoms with E-state index in [1.54, 1.807) is 20.8 Å². The number of carbonyl (C=O) groups is 3. The molecule has 2 aliphatic rings. The largest absolute Gasteiger partial charge is 1.00 e. The van der Waals surface area contributed by atoms with Gasteiger partial charge in [-0.15, -0.1) is 4.28 Å². The van der Waals surface area contributed by atoms with E-state index in [0.717, 1.165) is 4.90 Å². The van der Waals surface area contributed by atoms with Crippen LogP contribution in [0.5, 0.6) is 0 Å². The molecular formula is C12H19N4NaO7S. The fourth-order valence-electron chi connectivity index (χ4n) is 2.67. The molecule has 25 heavy (non-hydrogen) atoms. The van der Waals surface area contributed by atoms with E-state index in [2.05, 4.69) is 4.28 Å². The second kappa shape index (κ2) is 7.47. The normalized spacial score (nSPS) is 23.3. The average Bonchev–Trinajstić information content (AvgIpc) is 2.68. The van der Waals surface area contributed by atoms with E-state index in [-0.39, 0.29) is 54.0 Å². The molecule has 0 spiro atoms. The first kappa shape index (κ1) is 22.3. The number of carbonyl (C=O) groups excluding carboxylic acids is 3. The number of hydrogen-bond donors (Lipinski definition) is 1. The minimum absolute atomic E-state index is 0. The summed E-state index contributed by atoms with van der Waals surface area (Å²) in [6.45, 7) is 4.68. The number of rotatable bonds is 3. The maximum atomic E-state index is 12.4. The number of amides is 4. The zero-order valence-corrected chi connectivity index (χ0v) is 17.2. The van der Waals surface area contributed by atoms with Crippen molar-refractivity contribution < 1.29 is 61.2 Å². The van der Waals surface area contributed by atoms with Gasteiger partial charge >= 0.3 is 46.0 Å². The van der Waals surface area contributed by atoms with Crippen LogP contribution >= 0.6 is 0 Å². The Morgan fingerprint density at radius 2 is 1.88 bits per heavy atom. The fourth-order valence-corrected chi connectivity index (χ4v) is 3.06. The summed E-state index contributed by atoms with van der Waals surface area (Å²) in [5.74, 6) is 6.15. The number of piperidine rings is 1. The Morgan fingerprint density at radius 3 is 2.36 bits per heavy atom. The van der Waals surface area contributed by atoms with Crippen molar-refractivity contribution in [1.29, 1.82) is 0 Å². The maximum absolute atomic E-state index is 12.4. The molecule has 2 aliphatic heterocycles. The average molecular weight is 386 g/mol. The molecule has 13 heteroatoms. The van der Waals surface area contributed by atoms with Crippen molar-refractivity contribution in [2.24, 2.45) is 5.41 Å². The van der Waals surface area contributed by atoms with Crippen LogP contribution in [0.2, 0.25) is 0 Å². The molecule has 0 aliphatic carbocycles. The molecule has 0 radical (unpaired) electrons. The van der Waals surface area contributed by atoms with Crippen LogP contribution in [0.4, 0.5) is 4.79 Å². The van der Waals surface area contributed by atoms with Crippen molar-refractivity contribution in [2.75, 3.05) is 6.54 Å². The number of imide groups is 1. The summed E-state index contributed by atoms with van der Waals surface area (Å²) in [6.07, 6.45) is 0.374. The van der Waals surface area contributed by atoms with Crippen LogP contribution in [0.15, 0.2) is 0 Å². The van der Waals surface area contributed by atoms with Gasteiger partial charge in [-0.1, -0.05) is 20.8 Å². The Balaban J connectivity index is 0.00000312. The van der Waals surface area contributed by atoms with Gasteiger partial charge in [-0.2, -0.15) is 13.5 Å². The molecule has 2 rings (SSSR count). The van der Waals surface area contributed by atoms with Gasteiger partial charge in [0, 0.05) is 12.0 Å². The van der Waals surface area contributed by atoms with Gasteiger partial charge in [0.15, 0.2) is 0 Å². The second-order valence-electron chi connectivity index (χ2n) is 6.74. The summed E-state index contributed by atoms with van der Waals surface area (Å²) in [7, 11) is -4.87. The number of nitrogens with zero attached hydrogens (tertiary/aromatic N) is 3. The summed E-state index contributed by atoms with van der Waals surface area (Å²) in [4.78, 5) is 37.7. The quantitative estimate of drug-likeness (QED) is 0.317. The van der Waals surface area contributed by atoms with Crippen LogP contribution in [0.3, 0.4) is 0 Å². The molecule has 2 saturated heterocycles. The molecule has 2 atom stereocenters. The number of urea groups is 1. The number of fused-ring (bicyclic) bond motifs is 2. The van der Waals surface area contributed by atoms with E-state index in [9.17, 15) is 22.8 Å². The summed E-state index contributed by atoms with van der Waals surface area (Å²) in [5, 5.41) is 0.743. The summed E-state index contributed by atoms with van der Waals surface area (Å²) < 4.78 is 34.6. The monoisotopic (exact) mass is 386 g/mol. The Kier molecular flexibility index (Phi) is 6.65. The molecule has 11 nitrogen and oxygen atoms in total. The van der Waals surface area contributed by atoms with E-state index in [1.807, 2.05) is 0 Å².